The van der Waals surface area contributed by atoms with E-state index in [-0.39, 0.29) is 29.0 Å². The number of aliphatic hydroxyl groups excluding tert-OH is 1. The molecule has 0 fully saturated rings. The molecule has 0 unspecified atom stereocenters. The highest BCUT2D eigenvalue weighted by atomic mass is 16.5. The lowest BCUT2D eigenvalue weighted by atomic mass is 9.57. The van der Waals surface area contributed by atoms with Gasteiger partial charge in [-0.05, 0) is 56.2 Å². The maximum atomic E-state index is 11.5. The number of nitrogens with zero attached hydrogens (tertiary/aromatic N) is 3. The highest BCUT2D eigenvalue weighted by molar-refractivity contribution is 5.69. The zero-order valence-electron chi connectivity index (χ0n) is 18.6. The number of carbonyl (C=O) groups excluding carboxylic acids is 1. The van der Waals surface area contributed by atoms with Crippen molar-refractivity contribution in [3.8, 4) is 11.8 Å². The van der Waals surface area contributed by atoms with Gasteiger partial charge in [-0.1, -0.05) is 26.0 Å². The molecule has 0 radical (unpaired) electrons. The van der Waals surface area contributed by atoms with Crippen molar-refractivity contribution in [3.05, 3.63) is 58.4 Å². The van der Waals surface area contributed by atoms with Crippen LogP contribution in [0.25, 0.3) is 5.69 Å². The fourth-order valence-corrected chi connectivity index (χ4v) is 5.63. The molecule has 0 amide bonds. The van der Waals surface area contributed by atoms with E-state index >= 15 is 0 Å². The van der Waals surface area contributed by atoms with Crippen molar-refractivity contribution in [1.82, 2.24) is 9.55 Å². The molecule has 1 heterocycles. The Morgan fingerprint density at radius 1 is 1.45 bits per heavy atom. The van der Waals surface area contributed by atoms with E-state index in [1.807, 2.05) is 26.0 Å². The van der Waals surface area contributed by atoms with Gasteiger partial charge in [-0.2, -0.15) is 5.26 Å². The molecule has 0 saturated carbocycles. The average Bonchev–Trinajstić information content (AvgIpc) is 3.12. The Balaban J connectivity index is 1.74. The number of ether oxygens (including phenoxy) is 1. The molecule has 0 spiro atoms. The van der Waals surface area contributed by atoms with Crippen LogP contribution >= 0.6 is 0 Å². The molecule has 31 heavy (non-hydrogen) atoms. The largest absolute Gasteiger partial charge is 0.511 e. The molecule has 6 nitrogen and oxygen atoms in total. The molecule has 0 saturated heterocycles. The van der Waals surface area contributed by atoms with Crippen molar-refractivity contribution in [2.24, 2.45) is 11.8 Å². The summed E-state index contributed by atoms with van der Waals surface area (Å²) in [6, 6.07) is 10.4. The second kappa shape index (κ2) is 7.88. The zero-order chi connectivity index (χ0) is 22.3. The smallest absolute Gasteiger partial charge is 0.305 e. The van der Waals surface area contributed by atoms with Crippen molar-refractivity contribution in [3.63, 3.8) is 0 Å². The summed E-state index contributed by atoms with van der Waals surface area (Å²) < 4.78 is 6.98. The van der Waals surface area contributed by atoms with Crippen molar-refractivity contribution in [2.45, 2.75) is 58.3 Å². The molecule has 2 aliphatic rings. The Morgan fingerprint density at radius 3 is 2.94 bits per heavy atom. The lowest BCUT2D eigenvalue weighted by molar-refractivity contribution is -0.140. The number of methoxy groups -OCH3 is 1. The molecule has 3 atom stereocenters. The standard InChI is InChI=1S/C25H29N3O3/c1-15-20-9-10-21-24(25(20,3)13-18(14-26)23(15)30)27-16(2)28(21)19-7-5-6-17(12-19)8-11-22(29)31-4/h5-7,12,15,20,30H,8-11,13H2,1-4H3/t15-,20-,25-/m0/s1. The fraction of sp³-hybridized carbons (Fsp3) is 0.480. The quantitative estimate of drug-likeness (QED) is 0.738. The van der Waals surface area contributed by atoms with Gasteiger partial charge in [-0.3, -0.25) is 4.79 Å². The number of benzene rings is 1. The number of carbonyl (C=O) groups is 1. The number of imidazole rings is 1. The Labute approximate surface area is 183 Å². The molecule has 2 aliphatic carbocycles. The Bertz CT molecular complexity index is 1110. The molecule has 162 valence electrons. The number of aliphatic hydroxyl groups is 1. The van der Waals surface area contributed by atoms with E-state index in [1.54, 1.807) is 0 Å². The number of esters is 1. The summed E-state index contributed by atoms with van der Waals surface area (Å²) in [6.45, 7) is 6.23. The molecule has 1 aromatic heterocycles. The van der Waals surface area contributed by atoms with Crippen LogP contribution in [0.3, 0.4) is 0 Å². The topological polar surface area (TPSA) is 88.1 Å². The predicted octanol–water partition coefficient (Wildman–Crippen LogP) is 4.48. The zero-order valence-corrected chi connectivity index (χ0v) is 18.6. The van der Waals surface area contributed by atoms with Crippen LogP contribution in [-0.2, 0) is 27.8 Å². The van der Waals surface area contributed by atoms with Crippen LogP contribution in [0.1, 0.15) is 55.9 Å². The van der Waals surface area contributed by atoms with Crippen molar-refractivity contribution in [1.29, 1.82) is 5.26 Å². The molecule has 4 rings (SSSR count). The van der Waals surface area contributed by atoms with Crippen LogP contribution in [0.5, 0.6) is 0 Å². The highest BCUT2D eigenvalue weighted by Crippen LogP contribution is 2.53. The summed E-state index contributed by atoms with van der Waals surface area (Å²) in [5, 5.41) is 20.1. The first kappa shape index (κ1) is 21.2. The molecule has 1 N–H and O–H groups in total. The van der Waals surface area contributed by atoms with Crippen LogP contribution in [0.15, 0.2) is 35.6 Å². The fourth-order valence-electron chi connectivity index (χ4n) is 5.63. The van der Waals surface area contributed by atoms with E-state index in [0.717, 1.165) is 35.6 Å². The Morgan fingerprint density at radius 2 is 2.23 bits per heavy atom. The number of hydrogen-bond donors (Lipinski definition) is 1. The van der Waals surface area contributed by atoms with Crippen molar-refractivity contribution >= 4 is 5.97 Å². The first-order valence-electron chi connectivity index (χ1n) is 10.9. The van der Waals surface area contributed by atoms with Gasteiger partial charge in [0.15, 0.2) is 0 Å². The third-order valence-corrected chi connectivity index (χ3v) is 7.23. The van der Waals surface area contributed by atoms with Crippen LogP contribution < -0.4 is 0 Å². The minimum absolute atomic E-state index is 0.0475. The van der Waals surface area contributed by atoms with Crippen molar-refractivity contribution in [2.75, 3.05) is 7.11 Å². The second-order valence-corrected chi connectivity index (χ2v) is 9.04. The van der Waals surface area contributed by atoms with Gasteiger partial charge in [0.25, 0.3) is 0 Å². The number of allylic oxidation sites excluding steroid dienone is 2. The monoisotopic (exact) mass is 419 g/mol. The van der Waals surface area contributed by atoms with Gasteiger partial charge in [0.1, 0.15) is 11.6 Å². The van der Waals surface area contributed by atoms with Crippen molar-refractivity contribution < 1.29 is 14.6 Å². The van der Waals surface area contributed by atoms with Gasteiger partial charge < -0.3 is 14.4 Å². The highest BCUT2D eigenvalue weighted by Gasteiger charge is 2.50. The first-order chi connectivity index (χ1) is 14.8. The van der Waals surface area contributed by atoms with E-state index in [2.05, 4.69) is 29.7 Å². The maximum Gasteiger partial charge on any atom is 0.305 e. The lowest BCUT2D eigenvalue weighted by Crippen LogP contribution is -2.44. The van der Waals surface area contributed by atoms with Gasteiger partial charge >= 0.3 is 5.97 Å². The summed E-state index contributed by atoms with van der Waals surface area (Å²) in [4.78, 5) is 16.5. The van der Waals surface area contributed by atoms with Crippen LogP contribution in [0, 0.1) is 30.1 Å². The second-order valence-electron chi connectivity index (χ2n) is 9.04. The van der Waals surface area contributed by atoms with E-state index in [9.17, 15) is 15.2 Å². The van der Waals surface area contributed by atoms with Gasteiger partial charge in [-0.25, -0.2) is 4.98 Å². The number of rotatable bonds is 4. The normalized spacial score (nSPS) is 24.9. The van der Waals surface area contributed by atoms with Crippen LogP contribution in [0.4, 0.5) is 0 Å². The Kier molecular flexibility index (Phi) is 5.38. The van der Waals surface area contributed by atoms with E-state index < -0.39 is 0 Å². The third kappa shape index (κ3) is 3.42. The van der Waals surface area contributed by atoms with Crippen LogP contribution in [0.2, 0.25) is 0 Å². The summed E-state index contributed by atoms with van der Waals surface area (Å²) >= 11 is 0. The average molecular weight is 420 g/mol. The van der Waals surface area contributed by atoms with E-state index in [4.69, 9.17) is 9.72 Å². The molecular weight excluding hydrogens is 390 g/mol. The number of hydrogen-bond acceptors (Lipinski definition) is 5. The van der Waals surface area contributed by atoms with Crippen LogP contribution in [-0.4, -0.2) is 27.7 Å². The molecule has 0 bridgehead atoms. The summed E-state index contributed by atoms with van der Waals surface area (Å²) in [5.74, 6) is 1.17. The van der Waals surface area contributed by atoms with E-state index in [0.29, 0.717) is 24.8 Å². The SMILES string of the molecule is COC(=O)CCc1cccc(-n2c(C)nc3c2CC[C@H]2[C@H](C)C(O)=C(C#N)C[C@]32C)c1. The molecular formula is C25H29N3O3. The number of nitriles is 1. The first-order valence-corrected chi connectivity index (χ1v) is 10.9. The summed E-state index contributed by atoms with van der Waals surface area (Å²) in [6.07, 6.45) is 3.32. The van der Waals surface area contributed by atoms with Gasteiger partial charge in [0.2, 0.25) is 0 Å². The predicted molar refractivity (Wildman–Crippen MR) is 117 cm³/mol. The molecule has 2 aromatic rings. The minimum Gasteiger partial charge on any atom is -0.511 e. The molecule has 1 aromatic carbocycles. The number of aromatic nitrogens is 2. The summed E-state index contributed by atoms with van der Waals surface area (Å²) in [7, 11) is 1.41. The van der Waals surface area contributed by atoms with Gasteiger partial charge in [-0.15, -0.1) is 0 Å². The van der Waals surface area contributed by atoms with E-state index in [1.165, 1.54) is 12.8 Å². The molecule has 0 aliphatic heterocycles. The maximum absolute atomic E-state index is 11.5. The molecule has 6 heteroatoms. The minimum atomic E-state index is -0.275. The van der Waals surface area contributed by atoms with Gasteiger partial charge in [0.05, 0.1) is 24.4 Å². The van der Waals surface area contributed by atoms with Gasteiger partial charge in [0, 0.05) is 29.1 Å². The number of aryl methyl sites for hydroxylation is 2. The number of fused-ring (bicyclic) bond motifs is 3. The lowest BCUT2D eigenvalue weighted by Gasteiger charge is -2.46. The summed E-state index contributed by atoms with van der Waals surface area (Å²) in [5.41, 5.74) is 4.56. The third-order valence-electron chi connectivity index (χ3n) is 7.23. The Hall–Kier alpha value is -3.07.